The van der Waals surface area contributed by atoms with Gasteiger partial charge in [0.05, 0.1) is 0 Å². The highest BCUT2D eigenvalue weighted by molar-refractivity contribution is 4.65. The van der Waals surface area contributed by atoms with E-state index in [1.807, 2.05) is 0 Å². The van der Waals surface area contributed by atoms with E-state index in [4.69, 9.17) is 4.74 Å². The van der Waals surface area contributed by atoms with Gasteiger partial charge in [-0.1, -0.05) is 34.1 Å². The molecule has 11 heavy (non-hydrogen) atoms. The Labute approximate surface area is 71.1 Å². The summed E-state index contributed by atoms with van der Waals surface area (Å²) < 4.78 is 5.42. The van der Waals surface area contributed by atoms with Crippen molar-refractivity contribution in [2.75, 3.05) is 13.2 Å². The smallest absolute Gasteiger partial charge is 0.0471 e. The molecule has 1 heteroatoms. The molecular formula is C10H22O. The van der Waals surface area contributed by atoms with E-state index in [1.165, 1.54) is 12.8 Å². The molecule has 0 spiro atoms. The fraction of sp³-hybridized carbons (Fsp3) is 1.00. The number of rotatable bonds is 6. The van der Waals surface area contributed by atoms with Crippen LogP contribution in [0.2, 0.25) is 0 Å². The van der Waals surface area contributed by atoms with Gasteiger partial charge in [0.2, 0.25) is 0 Å². The van der Waals surface area contributed by atoms with Gasteiger partial charge in [-0.25, -0.2) is 0 Å². The van der Waals surface area contributed by atoms with Crippen LogP contribution >= 0.6 is 0 Å². The summed E-state index contributed by atoms with van der Waals surface area (Å²) in [4.78, 5) is 0. The normalized spacial score (nSPS) is 12.0. The minimum Gasteiger partial charge on any atom is -0.381 e. The first-order valence-electron chi connectivity index (χ1n) is 4.70. The van der Waals surface area contributed by atoms with Gasteiger partial charge < -0.3 is 4.74 Å². The third kappa shape index (κ3) is 6.36. The second-order valence-corrected chi connectivity index (χ2v) is 3.88. The molecule has 0 aliphatic carbocycles. The molecule has 0 aliphatic rings. The van der Waals surface area contributed by atoms with Crippen LogP contribution in [0.1, 0.15) is 47.0 Å². The van der Waals surface area contributed by atoms with E-state index in [1.54, 1.807) is 0 Å². The first kappa shape index (κ1) is 11.0. The first-order valence-corrected chi connectivity index (χ1v) is 4.70. The van der Waals surface area contributed by atoms with Gasteiger partial charge in [-0.15, -0.1) is 0 Å². The summed E-state index contributed by atoms with van der Waals surface area (Å²) in [6.07, 6.45) is 3.55. The standard InChI is InChI=1S/C10H22O/c1-5-8-11-9-7-10(3,4)6-2/h5-9H2,1-4H3. The Bertz CT molecular complexity index is 86.9. The van der Waals surface area contributed by atoms with Crippen molar-refractivity contribution in [1.29, 1.82) is 0 Å². The predicted molar refractivity (Wildman–Crippen MR) is 49.8 cm³/mol. The average Bonchev–Trinajstić information content (AvgIpc) is 1.99. The fourth-order valence-electron chi connectivity index (χ4n) is 0.772. The lowest BCUT2D eigenvalue weighted by molar-refractivity contribution is 0.103. The summed E-state index contributed by atoms with van der Waals surface area (Å²) in [5.41, 5.74) is 0.466. The molecule has 0 bridgehead atoms. The summed E-state index contributed by atoms with van der Waals surface area (Å²) in [7, 11) is 0. The van der Waals surface area contributed by atoms with Crippen molar-refractivity contribution in [2.45, 2.75) is 47.0 Å². The van der Waals surface area contributed by atoms with E-state index in [9.17, 15) is 0 Å². The van der Waals surface area contributed by atoms with Crippen LogP contribution in [0.3, 0.4) is 0 Å². The molecular weight excluding hydrogens is 136 g/mol. The van der Waals surface area contributed by atoms with Gasteiger partial charge in [-0.2, -0.15) is 0 Å². The van der Waals surface area contributed by atoms with E-state index < -0.39 is 0 Å². The fourth-order valence-corrected chi connectivity index (χ4v) is 0.772. The molecule has 0 radical (unpaired) electrons. The van der Waals surface area contributed by atoms with Crippen LogP contribution in [0.15, 0.2) is 0 Å². The van der Waals surface area contributed by atoms with Crippen LogP contribution < -0.4 is 0 Å². The largest absolute Gasteiger partial charge is 0.381 e. The van der Waals surface area contributed by atoms with Crippen LogP contribution in [-0.4, -0.2) is 13.2 Å². The summed E-state index contributed by atoms with van der Waals surface area (Å²) in [5.74, 6) is 0. The monoisotopic (exact) mass is 158 g/mol. The van der Waals surface area contributed by atoms with Crippen LogP contribution in [0.25, 0.3) is 0 Å². The average molecular weight is 158 g/mol. The van der Waals surface area contributed by atoms with Crippen molar-refractivity contribution in [1.82, 2.24) is 0 Å². The topological polar surface area (TPSA) is 9.23 Å². The lowest BCUT2D eigenvalue weighted by atomic mass is 9.87. The van der Waals surface area contributed by atoms with Crippen LogP contribution in [-0.2, 0) is 4.74 Å². The van der Waals surface area contributed by atoms with Gasteiger partial charge in [0.25, 0.3) is 0 Å². The Morgan fingerprint density at radius 2 is 1.73 bits per heavy atom. The molecule has 0 aromatic carbocycles. The number of ether oxygens (including phenoxy) is 1. The molecule has 0 fully saturated rings. The Balaban J connectivity index is 3.23. The molecule has 0 saturated carbocycles. The second kappa shape index (κ2) is 5.59. The highest BCUT2D eigenvalue weighted by atomic mass is 16.5. The van der Waals surface area contributed by atoms with Crippen molar-refractivity contribution in [3.05, 3.63) is 0 Å². The molecule has 0 atom stereocenters. The summed E-state index contributed by atoms with van der Waals surface area (Å²) in [6, 6.07) is 0. The van der Waals surface area contributed by atoms with E-state index in [-0.39, 0.29) is 0 Å². The van der Waals surface area contributed by atoms with Crippen molar-refractivity contribution in [2.24, 2.45) is 5.41 Å². The highest BCUT2D eigenvalue weighted by Crippen LogP contribution is 2.23. The molecule has 0 N–H and O–H groups in total. The first-order chi connectivity index (χ1) is 5.12. The minimum atomic E-state index is 0.466. The maximum Gasteiger partial charge on any atom is 0.0471 e. The van der Waals surface area contributed by atoms with Crippen molar-refractivity contribution in [3.8, 4) is 0 Å². The molecule has 0 aromatic heterocycles. The SMILES string of the molecule is CCCOCCC(C)(C)CC. The number of hydrogen-bond acceptors (Lipinski definition) is 1. The van der Waals surface area contributed by atoms with Gasteiger partial charge in [0.15, 0.2) is 0 Å². The molecule has 0 heterocycles. The Morgan fingerprint density at radius 1 is 1.09 bits per heavy atom. The molecule has 68 valence electrons. The lowest BCUT2D eigenvalue weighted by Crippen LogP contribution is -2.13. The summed E-state index contributed by atoms with van der Waals surface area (Å²) >= 11 is 0. The Kier molecular flexibility index (Phi) is 5.57. The lowest BCUT2D eigenvalue weighted by Gasteiger charge is -2.21. The van der Waals surface area contributed by atoms with E-state index in [2.05, 4.69) is 27.7 Å². The van der Waals surface area contributed by atoms with Gasteiger partial charge >= 0.3 is 0 Å². The van der Waals surface area contributed by atoms with E-state index in [0.717, 1.165) is 19.6 Å². The molecule has 0 aromatic rings. The van der Waals surface area contributed by atoms with Crippen LogP contribution in [0.5, 0.6) is 0 Å². The van der Waals surface area contributed by atoms with Gasteiger partial charge in [-0.05, 0) is 18.3 Å². The minimum absolute atomic E-state index is 0.466. The second-order valence-electron chi connectivity index (χ2n) is 3.88. The Morgan fingerprint density at radius 3 is 2.18 bits per heavy atom. The molecule has 0 amide bonds. The molecule has 0 unspecified atom stereocenters. The van der Waals surface area contributed by atoms with Gasteiger partial charge in [0.1, 0.15) is 0 Å². The maximum absolute atomic E-state index is 5.42. The zero-order valence-corrected chi connectivity index (χ0v) is 8.44. The summed E-state index contributed by atoms with van der Waals surface area (Å²) in [5, 5.41) is 0. The van der Waals surface area contributed by atoms with Gasteiger partial charge in [-0.3, -0.25) is 0 Å². The predicted octanol–water partition coefficient (Wildman–Crippen LogP) is 3.24. The van der Waals surface area contributed by atoms with Gasteiger partial charge in [0, 0.05) is 13.2 Å². The van der Waals surface area contributed by atoms with Crippen molar-refractivity contribution < 1.29 is 4.74 Å². The third-order valence-electron chi connectivity index (χ3n) is 2.23. The quantitative estimate of drug-likeness (QED) is 0.539. The zero-order chi connectivity index (χ0) is 8.74. The molecule has 1 nitrogen and oxygen atoms in total. The molecule has 0 aliphatic heterocycles. The third-order valence-corrected chi connectivity index (χ3v) is 2.23. The number of hydrogen-bond donors (Lipinski definition) is 0. The Hall–Kier alpha value is -0.0400. The molecule has 0 saturated heterocycles. The van der Waals surface area contributed by atoms with E-state index in [0.29, 0.717) is 5.41 Å². The maximum atomic E-state index is 5.42. The van der Waals surface area contributed by atoms with Crippen LogP contribution in [0, 0.1) is 5.41 Å². The van der Waals surface area contributed by atoms with Crippen molar-refractivity contribution in [3.63, 3.8) is 0 Å². The zero-order valence-electron chi connectivity index (χ0n) is 8.44. The summed E-state index contributed by atoms with van der Waals surface area (Å²) in [6.45, 7) is 10.8. The van der Waals surface area contributed by atoms with Crippen molar-refractivity contribution >= 4 is 0 Å². The highest BCUT2D eigenvalue weighted by Gasteiger charge is 2.13. The molecule has 0 rings (SSSR count). The van der Waals surface area contributed by atoms with Crippen LogP contribution in [0.4, 0.5) is 0 Å². The van der Waals surface area contributed by atoms with E-state index >= 15 is 0 Å².